The van der Waals surface area contributed by atoms with E-state index in [0.717, 1.165) is 45.8 Å². The maximum Gasteiger partial charge on any atom is 0.321 e. The van der Waals surface area contributed by atoms with Gasteiger partial charge in [0.1, 0.15) is 0 Å². The fourth-order valence-corrected chi connectivity index (χ4v) is 1.82. The fraction of sp³-hybridized carbons (Fsp3) is 0.833. The molecule has 1 unspecified atom stereocenters. The lowest BCUT2D eigenvalue weighted by molar-refractivity contribution is -0.121. The highest BCUT2D eigenvalue weighted by molar-refractivity contribution is 5.96. The summed E-state index contributed by atoms with van der Waals surface area (Å²) in [6.07, 6.45) is 0.970. The van der Waals surface area contributed by atoms with Gasteiger partial charge in [0, 0.05) is 20.1 Å². The molecule has 0 spiro atoms. The molecule has 0 saturated carbocycles. The minimum Gasteiger partial charge on any atom is -0.379 e. The summed E-state index contributed by atoms with van der Waals surface area (Å²) in [5, 5.41) is 7.69. The Bertz CT molecular complexity index is 293. The first-order valence-electron chi connectivity index (χ1n) is 6.69. The van der Waals surface area contributed by atoms with E-state index in [9.17, 15) is 9.59 Å². The number of morpholine rings is 1. The lowest BCUT2D eigenvalue weighted by atomic mass is 10.3. The molecular formula is C12H24N4O3. The predicted octanol–water partition coefficient (Wildman–Crippen LogP) is -0.858. The first kappa shape index (κ1) is 15.9. The van der Waals surface area contributed by atoms with Crippen LogP contribution in [0.4, 0.5) is 4.79 Å². The summed E-state index contributed by atoms with van der Waals surface area (Å²) < 4.78 is 5.28. The highest BCUT2D eigenvalue weighted by atomic mass is 16.5. The van der Waals surface area contributed by atoms with E-state index in [2.05, 4.69) is 20.9 Å². The number of nitrogens with one attached hydrogen (secondary N) is 3. The second kappa shape index (κ2) is 8.84. The molecule has 1 saturated heterocycles. The van der Waals surface area contributed by atoms with Crippen molar-refractivity contribution in [1.82, 2.24) is 20.9 Å². The quantitative estimate of drug-likeness (QED) is 0.548. The minimum absolute atomic E-state index is 0.314. The summed E-state index contributed by atoms with van der Waals surface area (Å²) in [7, 11) is 1.48. The van der Waals surface area contributed by atoms with Gasteiger partial charge in [0.05, 0.1) is 19.3 Å². The van der Waals surface area contributed by atoms with Crippen molar-refractivity contribution < 1.29 is 14.3 Å². The van der Waals surface area contributed by atoms with Crippen molar-refractivity contribution in [3.05, 3.63) is 0 Å². The summed E-state index contributed by atoms with van der Waals surface area (Å²) in [5.74, 6) is -0.314. The van der Waals surface area contributed by atoms with Crippen LogP contribution in [0.15, 0.2) is 0 Å². The number of hydrogen-bond acceptors (Lipinski definition) is 5. The number of amides is 3. The van der Waals surface area contributed by atoms with Crippen molar-refractivity contribution in [3.63, 3.8) is 0 Å². The van der Waals surface area contributed by atoms with Crippen LogP contribution in [0.25, 0.3) is 0 Å². The smallest absolute Gasteiger partial charge is 0.321 e. The Kier molecular flexibility index (Phi) is 7.39. The molecule has 1 fully saturated rings. The van der Waals surface area contributed by atoms with Gasteiger partial charge < -0.3 is 15.4 Å². The summed E-state index contributed by atoms with van der Waals surface area (Å²) in [6.45, 7) is 7.06. The lowest BCUT2D eigenvalue weighted by Gasteiger charge is -2.26. The molecule has 3 amide bonds. The standard InChI is InChI=1S/C12H24N4O3/c1-10(11(17)15-12(18)13-2)14-4-3-5-16-6-8-19-9-7-16/h10,14H,3-9H2,1-2H3,(H2,13,15,17,18). The molecule has 1 atom stereocenters. The molecule has 7 heteroatoms. The fourth-order valence-electron chi connectivity index (χ4n) is 1.82. The van der Waals surface area contributed by atoms with E-state index in [4.69, 9.17) is 4.74 Å². The molecule has 0 aromatic carbocycles. The summed E-state index contributed by atoms with van der Waals surface area (Å²) >= 11 is 0. The highest BCUT2D eigenvalue weighted by Crippen LogP contribution is 1.97. The Morgan fingerprint density at radius 2 is 2.00 bits per heavy atom. The van der Waals surface area contributed by atoms with Gasteiger partial charge in [-0.15, -0.1) is 0 Å². The molecular weight excluding hydrogens is 248 g/mol. The van der Waals surface area contributed by atoms with Crippen LogP contribution in [0.1, 0.15) is 13.3 Å². The minimum atomic E-state index is -0.480. The van der Waals surface area contributed by atoms with E-state index in [0.29, 0.717) is 0 Å². The molecule has 0 aromatic rings. The van der Waals surface area contributed by atoms with E-state index in [1.54, 1.807) is 6.92 Å². The van der Waals surface area contributed by atoms with Gasteiger partial charge in [-0.05, 0) is 26.4 Å². The molecule has 1 heterocycles. The maximum atomic E-state index is 11.5. The van der Waals surface area contributed by atoms with Crippen molar-refractivity contribution in [2.75, 3.05) is 46.4 Å². The van der Waals surface area contributed by atoms with Crippen LogP contribution in [0.2, 0.25) is 0 Å². The van der Waals surface area contributed by atoms with Gasteiger partial charge in [-0.2, -0.15) is 0 Å². The number of ether oxygens (including phenoxy) is 1. The Labute approximate surface area is 114 Å². The third-order valence-corrected chi connectivity index (χ3v) is 3.06. The van der Waals surface area contributed by atoms with Crippen molar-refractivity contribution in [1.29, 1.82) is 0 Å². The summed E-state index contributed by atoms with van der Waals surface area (Å²) in [4.78, 5) is 24.9. The first-order valence-corrected chi connectivity index (χ1v) is 6.69. The monoisotopic (exact) mass is 272 g/mol. The SMILES string of the molecule is CNC(=O)NC(=O)C(C)NCCCN1CCOCC1. The molecule has 0 aliphatic carbocycles. The van der Waals surface area contributed by atoms with Crippen molar-refractivity contribution in [2.24, 2.45) is 0 Å². The van der Waals surface area contributed by atoms with E-state index >= 15 is 0 Å². The Morgan fingerprint density at radius 1 is 1.32 bits per heavy atom. The Hall–Kier alpha value is -1.18. The topological polar surface area (TPSA) is 82.7 Å². The van der Waals surface area contributed by atoms with Gasteiger partial charge in [0.15, 0.2) is 0 Å². The molecule has 1 aliphatic rings. The second-order valence-corrected chi connectivity index (χ2v) is 4.55. The zero-order chi connectivity index (χ0) is 14.1. The number of rotatable bonds is 6. The average Bonchev–Trinajstić information content (AvgIpc) is 2.44. The first-order chi connectivity index (χ1) is 9.13. The molecule has 0 radical (unpaired) electrons. The number of imide groups is 1. The molecule has 0 bridgehead atoms. The largest absolute Gasteiger partial charge is 0.379 e. The van der Waals surface area contributed by atoms with Gasteiger partial charge in [0.2, 0.25) is 5.91 Å². The van der Waals surface area contributed by atoms with Crippen LogP contribution >= 0.6 is 0 Å². The third-order valence-electron chi connectivity index (χ3n) is 3.06. The van der Waals surface area contributed by atoms with E-state index in [1.807, 2.05) is 0 Å². The maximum absolute atomic E-state index is 11.5. The van der Waals surface area contributed by atoms with E-state index in [1.165, 1.54) is 7.05 Å². The van der Waals surface area contributed by atoms with Crippen LogP contribution in [-0.4, -0.2) is 69.3 Å². The average molecular weight is 272 g/mol. The molecule has 7 nitrogen and oxygen atoms in total. The highest BCUT2D eigenvalue weighted by Gasteiger charge is 2.14. The van der Waals surface area contributed by atoms with Crippen LogP contribution in [0.5, 0.6) is 0 Å². The zero-order valence-electron chi connectivity index (χ0n) is 11.7. The number of urea groups is 1. The summed E-state index contributed by atoms with van der Waals surface area (Å²) in [6, 6.07) is -0.853. The van der Waals surface area contributed by atoms with E-state index < -0.39 is 6.03 Å². The molecule has 0 aromatic heterocycles. The van der Waals surface area contributed by atoms with Crippen LogP contribution in [0, 0.1) is 0 Å². The van der Waals surface area contributed by atoms with E-state index in [-0.39, 0.29) is 11.9 Å². The zero-order valence-corrected chi connectivity index (χ0v) is 11.7. The Morgan fingerprint density at radius 3 is 2.63 bits per heavy atom. The van der Waals surface area contributed by atoms with Crippen LogP contribution in [-0.2, 0) is 9.53 Å². The molecule has 1 aliphatic heterocycles. The number of carbonyl (C=O) groups is 2. The molecule has 3 N–H and O–H groups in total. The molecule has 19 heavy (non-hydrogen) atoms. The van der Waals surface area contributed by atoms with Gasteiger partial charge >= 0.3 is 6.03 Å². The predicted molar refractivity (Wildman–Crippen MR) is 71.9 cm³/mol. The van der Waals surface area contributed by atoms with Crippen LogP contribution < -0.4 is 16.0 Å². The third kappa shape index (κ3) is 6.51. The summed E-state index contributed by atoms with van der Waals surface area (Å²) in [5.41, 5.74) is 0. The Balaban J connectivity index is 2.07. The second-order valence-electron chi connectivity index (χ2n) is 4.55. The van der Waals surface area contributed by atoms with Gasteiger partial charge in [-0.1, -0.05) is 0 Å². The van der Waals surface area contributed by atoms with Gasteiger partial charge in [0.25, 0.3) is 0 Å². The van der Waals surface area contributed by atoms with Crippen molar-refractivity contribution in [2.45, 2.75) is 19.4 Å². The molecule has 110 valence electrons. The normalized spacial score (nSPS) is 17.8. The molecule has 1 rings (SSSR count). The van der Waals surface area contributed by atoms with Crippen LogP contribution in [0.3, 0.4) is 0 Å². The van der Waals surface area contributed by atoms with Gasteiger partial charge in [-0.25, -0.2) is 4.79 Å². The van der Waals surface area contributed by atoms with Crippen molar-refractivity contribution >= 4 is 11.9 Å². The lowest BCUT2D eigenvalue weighted by Crippen LogP contribution is -2.47. The number of nitrogens with zero attached hydrogens (tertiary/aromatic N) is 1. The van der Waals surface area contributed by atoms with Crippen molar-refractivity contribution in [3.8, 4) is 0 Å². The number of hydrogen-bond donors (Lipinski definition) is 3. The number of carbonyl (C=O) groups excluding carboxylic acids is 2. The van der Waals surface area contributed by atoms with Gasteiger partial charge in [-0.3, -0.25) is 15.0 Å².